The maximum atomic E-state index is 5.74. The van der Waals surface area contributed by atoms with Crippen LogP contribution in [0.25, 0.3) is 0 Å². The van der Waals surface area contributed by atoms with Gasteiger partial charge in [-0.15, -0.1) is 0 Å². The van der Waals surface area contributed by atoms with Gasteiger partial charge in [0.25, 0.3) is 0 Å². The summed E-state index contributed by atoms with van der Waals surface area (Å²) in [7, 11) is 1.92. The van der Waals surface area contributed by atoms with Crippen molar-refractivity contribution < 1.29 is 4.74 Å². The van der Waals surface area contributed by atoms with E-state index < -0.39 is 0 Å². The molecule has 0 saturated carbocycles. The summed E-state index contributed by atoms with van der Waals surface area (Å²) >= 11 is 0. The third-order valence-electron chi connectivity index (χ3n) is 2.42. The lowest BCUT2D eigenvalue weighted by Crippen LogP contribution is -2.10. The molecule has 0 radical (unpaired) electrons. The van der Waals surface area contributed by atoms with Crippen molar-refractivity contribution in [2.45, 2.75) is 39.7 Å². The Morgan fingerprint density at radius 2 is 2.12 bits per heavy atom. The van der Waals surface area contributed by atoms with Crippen LogP contribution in [0.15, 0.2) is 12.1 Å². The third kappa shape index (κ3) is 4.19. The smallest absolute Gasteiger partial charge is 0.142 e. The highest BCUT2D eigenvalue weighted by Gasteiger charge is 2.04. The van der Waals surface area contributed by atoms with Crippen LogP contribution in [0.2, 0.25) is 0 Å². The first kappa shape index (κ1) is 13.0. The van der Waals surface area contributed by atoms with E-state index in [2.05, 4.69) is 17.2 Å². The van der Waals surface area contributed by atoms with E-state index in [0.717, 1.165) is 36.7 Å². The molecule has 0 aromatic carbocycles. The molecule has 1 N–H and O–H groups in total. The van der Waals surface area contributed by atoms with E-state index in [1.54, 1.807) is 0 Å². The number of pyridine rings is 1. The van der Waals surface area contributed by atoms with Gasteiger partial charge in [0, 0.05) is 12.2 Å². The second-order valence-corrected chi connectivity index (χ2v) is 3.98. The number of hydrogen-bond donors (Lipinski definition) is 1. The van der Waals surface area contributed by atoms with Crippen LogP contribution in [0.4, 0.5) is 0 Å². The lowest BCUT2D eigenvalue weighted by molar-refractivity contribution is 0.301. The topological polar surface area (TPSA) is 34.1 Å². The molecule has 0 unspecified atom stereocenters. The number of nitrogens with zero attached hydrogens (tertiary/aromatic N) is 1. The SMILES string of the molecule is CCCCCOc1ccc(C)nc1CNC. The maximum absolute atomic E-state index is 5.74. The summed E-state index contributed by atoms with van der Waals surface area (Å²) < 4.78 is 5.74. The van der Waals surface area contributed by atoms with Gasteiger partial charge in [0.05, 0.1) is 12.3 Å². The van der Waals surface area contributed by atoms with Crippen LogP contribution in [-0.2, 0) is 6.54 Å². The van der Waals surface area contributed by atoms with Crippen molar-refractivity contribution in [3.63, 3.8) is 0 Å². The summed E-state index contributed by atoms with van der Waals surface area (Å²) in [5.41, 5.74) is 2.03. The van der Waals surface area contributed by atoms with Crippen molar-refractivity contribution in [2.75, 3.05) is 13.7 Å². The molecule has 3 nitrogen and oxygen atoms in total. The first-order chi connectivity index (χ1) is 7.77. The Bertz CT molecular complexity index is 313. The molecule has 90 valence electrons. The first-order valence-electron chi connectivity index (χ1n) is 6.01. The van der Waals surface area contributed by atoms with Gasteiger partial charge < -0.3 is 10.1 Å². The summed E-state index contributed by atoms with van der Waals surface area (Å²) in [4.78, 5) is 4.47. The highest BCUT2D eigenvalue weighted by atomic mass is 16.5. The number of nitrogens with one attached hydrogen (secondary N) is 1. The van der Waals surface area contributed by atoms with Crippen LogP contribution in [0.1, 0.15) is 37.6 Å². The molecule has 0 bridgehead atoms. The quantitative estimate of drug-likeness (QED) is 0.720. The van der Waals surface area contributed by atoms with Crippen LogP contribution >= 0.6 is 0 Å². The molecule has 1 rings (SSSR count). The van der Waals surface area contributed by atoms with Gasteiger partial charge in [0.2, 0.25) is 0 Å². The molecular formula is C13H22N2O. The molecule has 1 aromatic rings. The lowest BCUT2D eigenvalue weighted by Gasteiger charge is -2.11. The van der Waals surface area contributed by atoms with E-state index in [1.165, 1.54) is 12.8 Å². The second-order valence-electron chi connectivity index (χ2n) is 3.98. The third-order valence-corrected chi connectivity index (χ3v) is 2.42. The number of aryl methyl sites for hydroxylation is 1. The second kappa shape index (κ2) is 7.23. The highest BCUT2D eigenvalue weighted by molar-refractivity contribution is 5.29. The molecule has 1 aromatic heterocycles. The van der Waals surface area contributed by atoms with Crippen LogP contribution < -0.4 is 10.1 Å². The molecule has 0 amide bonds. The summed E-state index contributed by atoms with van der Waals surface area (Å²) in [5.74, 6) is 0.913. The Morgan fingerprint density at radius 3 is 2.81 bits per heavy atom. The molecule has 0 saturated heterocycles. The summed E-state index contributed by atoms with van der Waals surface area (Å²) in [6.07, 6.45) is 3.56. The maximum Gasteiger partial charge on any atom is 0.142 e. The molecule has 0 aliphatic rings. The largest absolute Gasteiger partial charge is 0.492 e. The van der Waals surface area contributed by atoms with E-state index in [4.69, 9.17) is 4.74 Å². The van der Waals surface area contributed by atoms with Gasteiger partial charge in [0.15, 0.2) is 0 Å². The monoisotopic (exact) mass is 222 g/mol. The number of aromatic nitrogens is 1. The molecule has 1 heterocycles. The Kier molecular flexibility index (Phi) is 5.86. The van der Waals surface area contributed by atoms with Crippen molar-refractivity contribution in [3.05, 3.63) is 23.5 Å². The van der Waals surface area contributed by atoms with E-state index in [0.29, 0.717) is 0 Å². The van der Waals surface area contributed by atoms with E-state index >= 15 is 0 Å². The summed E-state index contributed by atoms with van der Waals surface area (Å²) in [6.45, 7) is 5.74. The van der Waals surface area contributed by atoms with Gasteiger partial charge in [-0.25, -0.2) is 0 Å². The molecule has 16 heavy (non-hydrogen) atoms. The van der Waals surface area contributed by atoms with Crippen molar-refractivity contribution >= 4 is 0 Å². The zero-order chi connectivity index (χ0) is 11.8. The Hall–Kier alpha value is -1.09. The normalized spacial score (nSPS) is 10.4. The number of ether oxygens (including phenoxy) is 1. The highest BCUT2D eigenvalue weighted by Crippen LogP contribution is 2.17. The fourth-order valence-electron chi connectivity index (χ4n) is 1.56. The number of rotatable bonds is 7. The average molecular weight is 222 g/mol. The molecule has 0 aliphatic carbocycles. The minimum absolute atomic E-state index is 0.755. The van der Waals surface area contributed by atoms with E-state index in [9.17, 15) is 0 Å². The Labute approximate surface area is 98.2 Å². The first-order valence-corrected chi connectivity index (χ1v) is 6.01. The molecular weight excluding hydrogens is 200 g/mol. The van der Waals surface area contributed by atoms with Gasteiger partial charge in [0.1, 0.15) is 5.75 Å². The molecule has 0 spiro atoms. The van der Waals surface area contributed by atoms with Gasteiger partial charge in [-0.05, 0) is 32.5 Å². The van der Waals surface area contributed by atoms with Gasteiger partial charge in [-0.2, -0.15) is 0 Å². The average Bonchev–Trinajstić information content (AvgIpc) is 2.27. The number of hydrogen-bond acceptors (Lipinski definition) is 3. The number of unbranched alkanes of at least 4 members (excludes halogenated alkanes) is 2. The Morgan fingerprint density at radius 1 is 1.31 bits per heavy atom. The van der Waals surface area contributed by atoms with Crippen molar-refractivity contribution in [2.24, 2.45) is 0 Å². The zero-order valence-corrected chi connectivity index (χ0v) is 10.5. The predicted octanol–water partition coefficient (Wildman–Crippen LogP) is 2.68. The van der Waals surface area contributed by atoms with Crippen LogP contribution in [0, 0.1) is 6.92 Å². The minimum atomic E-state index is 0.755. The van der Waals surface area contributed by atoms with Gasteiger partial charge in [-0.3, -0.25) is 4.98 Å². The van der Waals surface area contributed by atoms with E-state index in [1.807, 2.05) is 26.1 Å². The van der Waals surface area contributed by atoms with Gasteiger partial charge in [-0.1, -0.05) is 19.8 Å². The molecule has 0 atom stereocenters. The minimum Gasteiger partial charge on any atom is -0.492 e. The van der Waals surface area contributed by atoms with Crippen molar-refractivity contribution in [3.8, 4) is 5.75 Å². The Balaban J connectivity index is 2.56. The molecule has 0 aliphatic heterocycles. The van der Waals surface area contributed by atoms with Crippen molar-refractivity contribution in [1.29, 1.82) is 0 Å². The predicted molar refractivity (Wildman–Crippen MR) is 66.8 cm³/mol. The molecule has 0 fully saturated rings. The van der Waals surface area contributed by atoms with Crippen molar-refractivity contribution in [1.82, 2.24) is 10.3 Å². The van der Waals surface area contributed by atoms with Gasteiger partial charge >= 0.3 is 0 Å². The van der Waals surface area contributed by atoms with Crippen LogP contribution in [0.5, 0.6) is 5.75 Å². The summed E-state index contributed by atoms with van der Waals surface area (Å²) in [5, 5.41) is 3.11. The fourth-order valence-corrected chi connectivity index (χ4v) is 1.56. The zero-order valence-electron chi connectivity index (χ0n) is 10.5. The molecule has 3 heteroatoms. The van der Waals surface area contributed by atoms with E-state index in [-0.39, 0.29) is 0 Å². The standard InChI is InChI=1S/C13H22N2O/c1-4-5-6-9-16-13-8-7-11(2)15-12(13)10-14-3/h7-8,14H,4-6,9-10H2,1-3H3. The fraction of sp³-hybridized carbons (Fsp3) is 0.615. The summed E-state index contributed by atoms with van der Waals surface area (Å²) in [6, 6.07) is 4.01. The van der Waals surface area contributed by atoms with Crippen LogP contribution in [0.3, 0.4) is 0 Å². The lowest BCUT2D eigenvalue weighted by atomic mass is 10.2. The van der Waals surface area contributed by atoms with Crippen LogP contribution in [-0.4, -0.2) is 18.6 Å².